The lowest BCUT2D eigenvalue weighted by molar-refractivity contribution is -0.658. The third kappa shape index (κ3) is 7.22. The maximum atomic E-state index is 13.7. The van der Waals surface area contributed by atoms with Gasteiger partial charge in [-0.15, -0.1) is 0 Å². The normalized spacial score (nSPS) is 25.1. The van der Waals surface area contributed by atoms with Gasteiger partial charge in [0.2, 0.25) is 0 Å². The van der Waals surface area contributed by atoms with E-state index >= 15 is 0 Å². The van der Waals surface area contributed by atoms with Crippen molar-refractivity contribution in [2.45, 2.75) is 45.1 Å². The molecule has 25 heavy (non-hydrogen) atoms. The number of hydrogen-bond acceptors (Lipinski definition) is 2. The Morgan fingerprint density at radius 3 is 2.04 bits per heavy atom. The molecule has 1 unspecified atom stereocenters. The van der Waals surface area contributed by atoms with Gasteiger partial charge >= 0.3 is 0 Å². The summed E-state index contributed by atoms with van der Waals surface area (Å²) < 4.78 is 10.2. The molecule has 0 bridgehead atoms. The monoisotopic (exact) mass is 512 g/mol. The van der Waals surface area contributed by atoms with Crippen LogP contribution in [-0.2, 0) is 9.36 Å². The molecule has 2 rings (SSSR count). The average Bonchev–Trinajstić information content (AvgIpc) is 3.05. The molecule has 0 aromatic rings. The van der Waals surface area contributed by atoms with E-state index in [-0.39, 0.29) is 36.7 Å². The number of likely N-dealkylation sites (tertiary alicyclic amines) is 1. The fraction of sp³-hybridized carbons (Fsp3) is 0.923. The number of quaternary nitrogens is 1. The van der Waals surface area contributed by atoms with Crippen molar-refractivity contribution in [2.24, 2.45) is 0 Å². The van der Waals surface area contributed by atoms with Gasteiger partial charge in [0, 0.05) is 19.4 Å². The molecule has 2 aliphatic heterocycles. The first kappa shape index (κ1) is 24.7. The molecule has 0 radical (unpaired) electrons. The molecule has 0 aromatic carbocycles. The highest BCUT2D eigenvalue weighted by Gasteiger charge is 2.50. The van der Waals surface area contributed by atoms with E-state index in [1.807, 2.05) is 5.32 Å². The number of nitrogens with zero attached hydrogens (tertiary/aromatic N) is 1. The van der Waals surface area contributed by atoms with Crippen LogP contribution in [0.25, 0.3) is 0 Å². The summed E-state index contributed by atoms with van der Waals surface area (Å²) >= 11 is 35.4. The van der Waals surface area contributed by atoms with Crippen molar-refractivity contribution >= 4 is 82.7 Å². The van der Waals surface area contributed by atoms with Crippen molar-refractivity contribution in [1.29, 1.82) is 0 Å². The first-order valence-corrected chi connectivity index (χ1v) is 12.2. The molecule has 2 aliphatic rings. The zero-order valence-corrected chi connectivity index (χ0v) is 19.4. The van der Waals surface area contributed by atoms with Crippen molar-refractivity contribution in [3.8, 4) is 0 Å². The van der Waals surface area contributed by atoms with Gasteiger partial charge in [0.1, 0.15) is 7.14 Å². The Kier molecular flexibility index (Phi) is 9.36. The molecule has 1 amide bonds. The highest BCUT2D eigenvalue weighted by atomic mass is 35.6. The van der Waals surface area contributed by atoms with Gasteiger partial charge in [-0.25, -0.2) is 0 Å². The summed E-state index contributed by atoms with van der Waals surface area (Å²) in [5.41, 5.74) is 0. The molecule has 2 N–H and O–H groups in total. The van der Waals surface area contributed by atoms with Crippen molar-refractivity contribution in [1.82, 2.24) is 4.90 Å². The Morgan fingerprint density at radius 1 is 1.04 bits per heavy atom. The van der Waals surface area contributed by atoms with Crippen LogP contribution in [0, 0.1) is 0 Å². The number of carbonyl (C=O) groups is 1. The lowest BCUT2D eigenvalue weighted by atomic mass is 10.2. The molecule has 0 aromatic heterocycles. The molecule has 2 heterocycles. The van der Waals surface area contributed by atoms with E-state index in [2.05, 4.69) is 0 Å². The number of halogens is 7. The number of nitrogens with two attached hydrogens (primary N) is 1. The van der Waals surface area contributed by atoms with Crippen LogP contribution in [0.2, 0.25) is 0 Å². The minimum atomic E-state index is -3.26. The largest absolute Gasteiger partial charge is 1.00 e. The van der Waals surface area contributed by atoms with Gasteiger partial charge in [-0.1, -0.05) is 69.6 Å². The number of rotatable bonds is 4. The summed E-state index contributed by atoms with van der Waals surface area (Å²) in [5, 5.41) is 2.02. The number of hydrogen-bond donors (Lipinski definition) is 1. The van der Waals surface area contributed by atoms with Gasteiger partial charge < -0.3 is 27.2 Å². The molecule has 0 aliphatic carbocycles. The second-order valence-corrected chi connectivity index (χ2v) is 14.6. The molecular weight excluding hydrogens is 495 g/mol. The quantitative estimate of drug-likeness (QED) is 0.445. The van der Waals surface area contributed by atoms with Crippen LogP contribution in [-0.4, -0.2) is 55.6 Å². The maximum Gasteiger partial charge on any atom is 0.281 e. The molecule has 2 fully saturated rings. The lowest BCUT2D eigenvalue weighted by Gasteiger charge is -2.35. The lowest BCUT2D eigenvalue weighted by Crippen LogP contribution is -3.00. The Balaban J connectivity index is 0.00000312. The predicted molar refractivity (Wildman–Crippen MR) is 102 cm³/mol. The van der Waals surface area contributed by atoms with Gasteiger partial charge in [-0.05, 0) is 12.8 Å². The van der Waals surface area contributed by atoms with Gasteiger partial charge in [0.15, 0.2) is 13.6 Å². The molecule has 12 heteroatoms. The Bertz CT molecular complexity index is 497. The molecule has 4 nitrogen and oxygen atoms in total. The van der Waals surface area contributed by atoms with Crippen molar-refractivity contribution in [3.05, 3.63) is 0 Å². The number of carbonyl (C=O) groups excluding carboxylic acids is 1. The predicted octanol–water partition coefficient (Wildman–Crippen LogP) is 0.768. The topological polar surface area (TPSA) is 54.0 Å². The molecule has 148 valence electrons. The maximum absolute atomic E-state index is 13.7. The zero-order valence-electron chi connectivity index (χ0n) is 13.2. The van der Waals surface area contributed by atoms with E-state index in [0.29, 0.717) is 13.0 Å². The summed E-state index contributed by atoms with van der Waals surface area (Å²) in [5.74, 6) is -0.547. The van der Waals surface area contributed by atoms with Crippen LogP contribution in [0.5, 0.6) is 0 Å². The van der Waals surface area contributed by atoms with Crippen LogP contribution in [0.3, 0.4) is 0 Å². The zero-order chi connectivity index (χ0) is 18.2. The first-order chi connectivity index (χ1) is 10.9. The summed E-state index contributed by atoms with van der Waals surface area (Å²) in [6.45, 7) is 1.46. The highest BCUT2D eigenvalue weighted by molar-refractivity contribution is 7.65. The summed E-state index contributed by atoms with van der Waals surface area (Å²) in [6.07, 6.45) is 2.68. The number of alkyl halides is 6. The molecule has 0 spiro atoms. The van der Waals surface area contributed by atoms with Gasteiger partial charge in [0.25, 0.3) is 5.91 Å². The van der Waals surface area contributed by atoms with Crippen LogP contribution < -0.4 is 17.7 Å². The van der Waals surface area contributed by atoms with Crippen LogP contribution in [0.1, 0.15) is 25.7 Å². The highest BCUT2D eigenvalue weighted by Crippen LogP contribution is 2.62. The fourth-order valence-corrected chi connectivity index (χ4v) is 10.4. The minimum Gasteiger partial charge on any atom is -1.00 e. The van der Waals surface area contributed by atoms with E-state index in [0.717, 1.165) is 25.8 Å². The Labute approximate surface area is 184 Å². The minimum absolute atomic E-state index is 0. The third-order valence-corrected chi connectivity index (χ3v) is 9.99. The SMILES string of the molecule is O=C([C@@H]1CCC[NH2+]1)N1CCCC1P(=O)(CC(Cl)(Cl)Cl)CC(Cl)(Cl)Cl.[Cl-]. The molecular formula is C13H20Cl7N2O2P. The standard InChI is InChI=1S/C13H19Cl6N2O2P.ClH/c14-12(15,16)7-24(23,8-13(17,18)19)10-4-2-6-21(10)11(22)9-3-1-5-20-9;/h9-10,20H,1-8H2;1H/t9-,10?;/m0./s1. The van der Waals surface area contributed by atoms with E-state index in [9.17, 15) is 9.36 Å². The number of amides is 1. The third-order valence-electron chi connectivity index (χ3n) is 4.43. The summed E-state index contributed by atoms with van der Waals surface area (Å²) in [7, 11) is -3.26. The van der Waals surface area contributed by atoms with E-state index in [1.165, 1.54) is 0 Å². The Morgan fingerprint density at radius 2 is 1.60 bits per heavy atom. The van der Waals surface area contributed by atoms with Gasteiger partial charge in [-0.2, -0.15) is 0 Å². The van der Waals surface area contributed by atoms with E-state index < -0.39 is 20.5 Å². The van der Waals surface area contributed by atoms with Crippen LogP contribution in [0.4, 0.5) is 0 Å². The molecule has 2 atom stereocenters. The molecule has 0 saturated carbocycles. The fourth-order valence-electron chi connectivity index (χ4n) is 3.58. The summed E-state index contributed by atoms with van der Waals surface area (Å²) in [6, 6.07) is -0.125. The molecule has 2 saturated heterocycles. The van der Waals surface area contributed by atoms with Gasteiger partial charge in [0.05, 0.1) is 24.7 Å². The van der Waals surface area contributed by atoms with Crippen molar-refractivity contribution in [2.75, 3.05) is 25.4 Å². The average molecular weight is 515 g/mol. The summed E-state index contributed by atoms with van der Waals surface area (Å²) in [4.78, 5) is 14.5. The van der Waals surface area contributed by atoms with Crippen molar-refractivity contribution < 1.29 is 27.1 Å². The van der Waals surface area contributed by atoms with Gasteiger partial charge in [-0.3, -0.25) is 4.79 Å². The first-order valence-electron chi connectivity index (χ1n) is 7.76. The smallest absolute Gasteiger partial charge is 0.281 e. The second kappa shape index (κ2) is 9.46. The van der Waals surface area contributed by atoms with Crippen LogP contribution in [0.15, 0.2) is 0 Å². The van der Waals surface area contributed by atoms with E-state index in [1.54, 1.807) is 4.90 Å². The van der Waals surface area contributed by atoms with Crippen molar-refractivity contribution in [3.63, 3.8) is 0 Å². The van der Waals surface area contributed by atoms with Crippen LogP contribution >= 0.6 is 76.7 Å². The second-order valence-electron chi connectivity index (χ2n) is 6.43. The van der Waals surface area contributed by atoms with E-state index in [4.69, 9.17) is 69.6 Å². The Hall–Kier alpha value is 1.69.